The van der Waals surface area contributed by atoms with E-state index in [1.165, 1.54) is 24.0 Å². The number of rotatable bonds is 3. The second-order valence-corrected chi connectivity index (χ2v) is 10.9. The molecule has 0 N–H and O–H groups in total. The first-order chi connectivity index (χ1) is 12.8. The van der Waals surface area contributed by atoms with E-state index in [1.807, 2.05) is 0 Å². The van der Waals surface area contributed by atoms with E-state index in [0.29, 0.717) is 0 Å². The molecule has 28 heavy (non-hydrogen) atoms. The van der Waals surface area contributed by atoms with Gasteiger partial charge in [0.05, 0.1) is 11.4 Å². The minimum absolute atomic E-state index is 0.0447. The quantitative estimate of drug-likeness (QED) is 0.534. The van der Waals surface area contributed by atoms with Gasteiger partial charge in [-0.1, -0.05) is 60.1 Å². The molecule has 1 aliphatic heterocycles. The van der Waals surface area contributed by atoms with Crippen LogP contribution in [0.5, 0.6) is 11.5 Å². The third-order valence-corrected chi connectivity index (χ3v) is 5.81. The number of nitrogens with zero attached hydrogens (tertiary/aromatic N) is 1. The van der Waals surface area contributed by atoms with Gasteiger partial charge in [-0.25, -0.2) is 0 Å². The molecule has 0 amide bonds. The number of fused-ring (bicyclic) bond motifs is 2. The number of hydrogen-bond acceptors (Lipinski definition) is 2. The Morgan fingerprint density at radius 1 is 0.750 bits per heavy atom. The van der Waals surface area contributed by atoms with Crippen LogP contribution in [-0.4, -0.2) is 5.54 Å². The van der Waals surface area contributed by atoms with Crippen molar-refractivity contribution in [2.24, 2.45) is 0 Å². The summed E-state index contributed by atoms with van der Waals surface area (Å²) in [6.07, 6.45) is 2.34. The highest BCUT2D eigenvalue weighted by atomic mass is 16.5. The molecule has 2 heteroatoms. The molecule has 2 aromatic rings. The first-order valence-corrected chi connectivity index (χ1v) is 10.6. The molecule has 152 valence electrons. The van der Waals surface area contributed by atoms with E-state index < -0.39 is 0 Å². The lowest BCUT2D eigenvalue weighted by Gasteiger charge is -2.42. The summed E-state index contributed by atoms with van der Waals surface area (Å²) < 4.78 is 6.51. The zero-order valence-electron chi connectivity index (χ0n) is 19.2. The SMILES string of the molecule is CCCC(C)(C)c1ccc2c(c1)Oc1cc(C(C)(C)C)ccc1N2C(C)(C)C. The molecule has 0 saturated heterocycles. The summed E-state index contributed by atoms with van der Waals surface area (Å²) in [6, 6.07) is 13.5. The van der Waals surface area contributed by atoms with E-state index in [-0.39, 0.29) is 16.4 Å². The third-order valence-electron chi connectivity index (χ3n) is 5.81. The summed E-state index contributed by atoms with van der Waals surface area (Å²) in [4.78, 5) is 2.42. The third kappa shape index (κ3) is 3.79. The van der Waals surface area contributed by atoms with Gasteiger partial charge in [-0.15, -0.1) is 0 Å². The molecule has 1 heterocycles. The van der Waals surface area contributed by atoms with Crippen molar-refractivity contribution in [3.05, 3.63) is 47.5 Å². The van der Waals surface area contributed by atoms with Crippen molar-refractivity contribution in [1.29, 1.82) is 0 Å². The second kappa shape index (κ2) is 6.83. The summed E-state index contributed by atoms with van der Waals surface area (Å²) in [7, 11) is 0. The number of benzene rings is 2. The first kappa shape index (κ1) is 20.8. The summed E-state index contributed by atoms with van der Waals surface area (Å²) in [6.45, 7) is 20.4. The van der Waals surface area contributed by atoms with Gasteiger partial charge in [0, 0.05) is 5.54 Å². The minimum Gasteiger partial charge on any atom is -0.453 e. The number of anilines is 2. The lowest BCUT2D eigenvalue weighted by atomic mass is 9.80. The van der Waals surface area contributed by atoms with Crippen LogP contribution in [-0.2, 0) is 10.8 Å². The highest BCUT2D eigenvalue weighted by Gasteiger charge is 2.34. The fraction of sp³-hybridized carbons (Fsp3) is 0.538. The average Bonchev–Trinajstić information content (AvgIpc) is 2.56. The van der Waals surface area contributed by atoms with Crippen LogP contribution in [0.15, 0.2) is 36.4 Å². The van der Waals surface area contributed by atoms with Crippen LogP contribution in [0.3, 0.4) is 0 Å². The highest BCUT2D eigenvalue weighted by molar-refractivity contribution is 5.80. The Labute approximate surface area is 171 Å². The number of ether oxygens (including phenoxy) is 1. The molecule has 0 radical (unpaired) electrons. The van der Waals surface area contributed by atoms with Crippen molar-refractivity contribution < 1.29 is 4.74 Å². The summed E-state index contributed by atoms with van der Waals surface area (Å²) in [5.41, 5.74) is 5.14. The molecule has 2 aromatic carbocycles. The van der Waals surface area contributed by atoms with Crippen LogP contribution >= 0.6 is 0 Å². The summed E-state index contributed by atoms with van der Waals surface area (Å²) in [5, 5.41) is 0. The topological polar surface area (TPSA) is 12.5 Å². The molecule has 0 bridgehead atoms. The van der Waals surface area contributed by atoms with Crippen LogP contribution < -0.4 is 9.64 Å². The van der Waals surface area contributed by atoms with Crippen molar-refractivity contribution in [1.82, 2.24) is 0 Å². The lowest BCUT2D eigenvalue weighted by molar-refractivity contribution is 0.439. The van der Waals surface area contributed by atoms with Crippen molar-refractivity contribution in [3.63, 3.8) is 0 Å². The van der Waals surface area contributed by atoms with Crippen molar-refractivity contribution in [3.8, 4) is 11.5 Å². The molecule has 1 aliphatic rings. The van der Waals surface area contributed by atoms with E-state index in [9.17, 15) is 0 Å². The predicted octanol–water partition coefficient (Wildman–Crippen LogP) is 8.10. The van der Waals surface area contributed by atoms with Crippen LogP contribution in [0.4, 0.5) is 11.4 Å². The van der Waals surface area contributed by atoms with Gasteiger partial charge in [-0.2, -0.15) is 0 Å². The predicted molar refractivity (Wildman–Crippen MR) is 121 cm³/mol. The molecule has 0 aromatic heterocycles. The largest absolute Gasteiger partial charge is 0.453 e. The lowest BCUT2D eigenvalue weighted by Crippen LogP contribution is -2.39. The maximum Gasteiger partial charge on any atom is 0.151 e. The number of hydrogen-bond donors (Lipinski definition) is 0. The zero-order chi connectivity index (χ0) is 20.9. The molecule has 0 unspecified atom stereocenters. The Morgan fingerprint density at radius 2 is 1.25 bits per heavy atom. The standard InChI is InChI=1S/C26H37NO/c1-10-15-26(8,9)19-12-14-21-23(17-19)28-22-16-18(24(2,3)4)11-13-20(22)27(21)25(5,6)7/h11-14,16-17H,10,15H2,1-9H3. The molecule has 0 aliphatic carbocycles. The molecule has 2 nitrogen and oxygen atoms in total. The Kier molecular flexibility index (Phi) is 5.06. The fourth-order valence-corrected chi connectivity index (χ4v) is 4.19. The average molecular weight is 380 g/mol. The monoisotopic (exact) mass is 379 g/mol. The zero-order valence-corrected chi connectivity index (χ0v) is 19.2. The van der Waals surface area contributed by atoms with Crippen LogP contribution in [0.1, 0.15) is 86.3 Å². The molecular weight excluding hydrogens is 342 g/mol. The molecule has 0 atom stereocenters. The molecule has 0 saturated carbocycles. The van der Waals surface area contributed by atoms with E-state index in [0.717, 1.165) is 22.9 Å². The highest BCUT2D eigenvalue weighted by Crippen LogP contribution is 2.51. The Bertz CT molecular complexity index is 865. The van der Waals surface area contributed by atoms with E-state index >= 15 is 0 Å². The Balaban J connectivity index is 2.15. The Hall–Kier alpha value is -1.96. The summed E-state index contributed by atoms with van der Waals surface area (Å²) in [5.74, 6) is 1.93. The molecular formula is C26H37NO. The van der Waals surface area contributed by atoms with E-state index in [2.05, 4.69) is 104 Å². The second-order valence-electron chi connectivity index (χ2n) is 10.9. The maximum atomic E-state index is 6.51. The van der Waals surface area contributed by atoms with E-state index in [1.54, 1.807) is 0 Å². The van der Waals surface area contributed by atoms with Crippen LogP contribution in [0, 0.1) is 0 Å². The molecule has 0 fully saturated rings. The van der Waals surface area contributed by atoms with Crippen molar-refractivity contribution in [2.45, 2.75) is 91.5 Å². The van der Waals surface area contributed by atoms with Gasteiger partial charge >= 0.3 is 0 Å². The maximum absolute atomic E-state index is 6.51. The van der Waals surface area contributed by atoms with Gasteiger partial charge in [0.1, 0.15) is 0 Å². The van der Waals surface area contributed by atoms with Gasteiger partial charge in [-0.05, 0) is 73.4 Å². The fourth-order valence-electron chi connectivity index (χ4n) is 4.19. The minimum atomic E-state index is -0.0447. The van der Waals surface area contributed by atoms with Crippen LogP contribution in [0.25, 0.3) is 0 Å². The molecule has 0 spiro atoms. The van der Waals surface area contributed by atoms with Crippen molar-refractivity contribution >= 4 is 11.4 Å². The molecule has 3 rings (SSSR count). The van der Waals surface area contributed by atoms with Gasteiger partial charge in [0.2, 0.25) is 0 Å². The van der Waals surface area contributed by atoms with Crippen LogP contribution in [0.2, 0.25) is 0 Å². The van der Waals surface area contributed by atoms with E-state index in [4.69, 9.17) is 4.74 Å². The van der Waals surface area contributed by atoms with Crippen molar-refractivity contribution in [2.75, 3.05) is 4.90 Å². The Morgan fingerprint density at radius 3 is 1.71 bits per heavy atom. The van der Waals surface area contributed by atoms with Gasteiger partial charge < -0.3 is 9.64 Å². The summed E-state index contributed by atoms with van der Waals surface area (Å²) >= 11 is 0. The van der Waals surface area contributed by atoms with Gasteiger partial charge in [-0.3, -0.25) is 0 Å². The smallest absolute Gasteiger partial charge is 0.151 e. The van der Waals surface area contributed by atoms with Gasteiger partial charge in [0.15, 0.2) is 11.5 Å². The van der Waals surface area contributed by atoms with Gasteiger partial charge in [0.25, 0.3) is 0 Å². The normalized spacial score (nSPS) is 14.4. The first-order valence-electron chi connectivity index (χ1n) is 10.6.